The molecule has 1 N–H and O–H groups in total. The van der Waals surface area contributed by atoms with Crippen molar-refractivity contribution in [2.45, 2.75) is 36.7 Å². The standard InChI is InChI=1S/C17H18N4O4S2/c1-17(5-6-17)19-27(24,25)12-3-4-14-13(7-12)15(22)20(2)16(23)21(14)8-11-9-26-10-18-11/h3-4,7,9-10,19H,5-6,8H2,1-2H3. The van der Waals surface area contributed by atoms with Crippen LogP contribution in [0.2, 0.25) is 0 Å². The summed E-state index contributed by atoms with van der Waals surface area (Å²) >= 11 is 1.41. The third kappa shape index (κ3) is 3.24. The van der Waals surface area contributed by atoms with Crippen molar-refractivity contribution in [1.29, 1.82) is 0 Å². The highest BCUT2D eigenvalue weighted by atomic mass is 32.2. The molecule has 27 heavy (non-hydrogen) atoms. The van der Waals surface area contributed by atoms with E-state index in [0.29, 0.717) is 11.2 Å². The molecule has 1 aliphatic rings. The zero-order chi connectivity index (χ0) is 19.4. The molecule has 1 aromatic carbocycles. The number of benzene rings is 1. The van der Waals surface area contributed by atoms with Crippen LogP contribution >= 0.6 is 11.3 Å². The van der Waals surface area contributed by atoms with E-state index in [1.807, 2.05) is 12.3 Å². The molecule has 0 unspecified atom stereocenters. The number of hydrogen-bond donors (Lipinski definition) is 1. The van der Waals surface area contributed by atoms with E-state index in [1.54, 1.807) is 5.51 Å². The van der Waals surface area contributed by atoms with Gasteiger partial charge in [-0.1, -0.05) is 0 Å². The quantitative estimate of drug-likeness (QED) is 0.682. The first kappa shape index (κ1) is 18.1. The lowest BCUT2D eigenvalue weighted by molar-refractivity contribution is 0.558. The van der Waals surface area contributed by atoms with E-state index in [4.69, 9.17) is 0 Å². The molecule has 2 heterocycles. The summed E-state index contributed by atoms with van der Waals surface area (Å²) in [5.74, 6) is 0. The molecule has 0 spiro atoms. The Balaban J connectivity index is 1.89. The van der Waals surface area contributed by atoms with Crippen molar-refractivity contribution in [2.75, 3.05) is 0 Å². The third-order valence-electron chi connectivity index (χ3n) is 4.81. The van der Waals surface area contributed by atoms with Gasteiger partial charge in [0.25, 0.3) is 5.56 Å². The average molecular weight is 406 g/mol. The third-order valence-corrected chi connectivity index (χ3v) is 7.08. The molecule has 8 nitrogen and oxygen atoms in total. The highest BCUT2D eigenvalue weighted by molar-refractivity contribution is 7.89. The van der Waals surface area contributed by atoms with Crippen molar-refractivity contribution >= 4 is 32.3 Å². The Morgan fingerprint density at radius 1 is 1.30 bits per heavy atom. The molecular formula is C17H18N4O4S2. The van der Waals surface area contributed by atoms with Gasteiger partial charge in [0.15, 0.2) is 0 Å². The van der Waals surface area contributed by atoms with Crippen molar-refractivity contribution in [1.82, 2.24) is 18.8 Å². The Labute approximate surface area is 159 Å². The molecule has 4 rings (SSSR count). The van der Waals surface area contributed by atoms with E-state index in [9.17, 15) is 18.0 Å². The van der Waals surface area contributed by atoms with Crippen LogP contribution in [0.25, 0.3) is 10.9 Å². The summed E-state index contributed by atoms with van der Waals surface area (Å²) < 4.78 is 30.4. The second-order valence-corrected chi connectivity index (χ2v) is 9.46. The van der Waals surface area contributed by atoms with Gasteiger partial charge in [0.2, 0.25) is 10.0 Å². The maximum atomic E-state index is 12.6. The molecule has 0 bridgehead atoms. The van der Waals surface area contributed by atoms with E-state index in [1.165, 1.54) is 41.2 Å². The van der Waals surface area contributed by atoms with Gasteiger partial charge in [-0.25, -0.2) is 22.9 Å². The molecule has 2 aromatic heterocycles. The highest BCUT2D eigenvalue weighted by Gasteiger charge is 2.41. The maximum Gasteiger partial charge on any atom is 0.331 e. The molecular weight excluding hydrogens is 388 g/mol. The zero-order valence-corrected chi connectivity index (χ0v) is 16.4. The van der Waals surface area contributed by atoms with Gasteiger partial charge in [-0.3, -0.25) is 13.9 Å². The summed E-state index contributed by atoms with van der Waals surface area (Å²) in [4.78, 5) is 29.4. The molecule has 0 aliphatic heterocycles. The zero-order valence-electron chi connectivity index (χ0n) is 14.8. The number of thiazole rings is 1. The number of fused-ring (bicyclic) bond motifs is 1. The van der Waals surface area contributed by atoms with Crippen LogP contribution in [-0.4, -0.2) is 28.1 Å². The minimum atomic E-state index is -3.75. The maximum absolute atomic E-state index is 12.6. The van der Waals surface area contributed by atoms with Crippen LogP contribution in [0.5, 0.6) is 0 Å². The van der Waals surface area contributed by atoms with Crippen molar-refractivity contribution < 1.29 is 8.42 Å². The average Bonchev–Trinajstić information content (AvgIpc) is 3.12. The fraction of sp³-hybridized carbons (Fsp3) is 0.353. The number of hydrogen-bond acceptors (Lipinski definition) is 6. The summed E-state index contributed by atoms with van der Waals surface area (Å²) in [6.07, 6.45) is 1.57. The van der Waals surface area contributed by atoms with Crippen LogP contribution in [0.1, 0.15) is 25.5 Å². The monoisotopic (exact) mass is 406 g/mol. The van der Waals surface area contributed by atoms with E-state index in [2.05, 4.69) is 9.71 Å². The summed E-state index contributed by atoms with van der Waals surface area (Å²) in [7, 11) is -2.36. The summed E-state index contributed by atoms with van der Waals surface area (Å²) in [5, 5.41) is 2.00. The van der Waals surface area contributed by atoms with Gasteiger partial charge < -0.3 is 0 Å². The first-order valence-corrected chi connectivity index (χ1v) is 10.8. The topological polar surface area (TPSA) is 103 Å². The van der Waals surface area contributed by atoms with Crippen molar-refractivity contribution in [2.24, 2.45) is 7.05 Å². The highest BCUT2D eigenvalue weighted by Crippen LogP contribution is 2.36. The molecule has 0 radical (unpaired) electrons. The van der Waals surface area contributed by atoms with Gasteiger partial charge in [-0.2, -0.15) is 0 Å². The SMILES string of the molecule is Cn1c(=O)c2cc(S(=O)(=O)NC3(C)CC3)ccc2n(Cc2cscn2)c1=O. The van der Waals surface area contributed by atoms with Gasteiger partial charge in [0, 0.05) is 18.0 Å². The number of aromatic nitrogens is 3. The summed E-state index contributed by atoms with van der Waals surface area (Å²) in [6.45, 7) is 2.05. The Morgan fingerprint density at radius 2 is 2.04 bits per heavy atom. The van der Waals surface area contributed by atoms with Crippen LogP contribution in [0.15, 0.2) is 43.6 Å². The predicted molar refractivity (Wildman–Crippen MR) is 103 cm³/mol. The predicted octanol–water partition coefficient (Wildman–Crippen LogP) is 1.04. The van der Waals surface area contributed by atoms with Gasteiger partial charge in [0.05, 0.1) is 33.5 Å². The Hall–Kier alpha value is -2.30. The Kier molecular flexibility index (Phi) is 4.09. The van der Waals surface area contributed by atoms with Gasteiger partial charge in [-0.15, -0.1) is 11.3 Å². The van der Waals surface area contributed by atoms with Crippen LogP contribution in [0.4, 0.5) is 0 Å². The van der Waals surface area contributed by atoms with Gasteiger partial charge in [-0.05, 0) is 38.0 Å². The number of nitrogens with zero attached hydrogens (tertiary/aromatic N) is 3. The van der Waals surface area contributed by atoms with Gasteiger partial charge >= 0.3 is 5.69 Å². The molecule has 0 atom stereocenters. The first-order chi connectivity index (χ1) is 12.7. The minimum absolute atomic E-state index is 0.0130. The normalized spacial score (nSPS) is 15.9. The smallest absolute Gasteiger partial charge is 0.287 e. The molecule has 1 saturated carbocycles. The molecule has 3 aromatic rings. The first-order valence-electron chi connectivity index (χ1n) is 8.35. The summed E-state index contributed by atoms with van der Waals surface area (Å²) in [5.41, 5.74) is 1.33. The Morgan fingerprint density at radius 3 is 2.67 bits per heavy atom. The van der Waals surface area contributed by atoms with Crippen LogP contribution in [-0.2, 0) is 23.6 Å². The van der Waals surface area contributed by atoms with E-state index in [0.717, 1.165) is 17.4 Å². The molecule has 0 saturated heterocycles. The minimum Gasteiger partial charge on any atom is -0.287 e. The Bertz CT molecular complexity index is 1250. The van der Waals surface area contributed by atoms with E-state index >= 15 is 0 Å². The van der Waals surface area contributed by atoms with Gasteiger partial charge in [0.1, 0.15) is 0 Å². The second kappa shape index (κ2) is 6.11. The van der Waals surface area contributed by atoms with Crippen LogP contribution < -0.4 is 16.0 Å². The molecule has 1 fully saturated rings. The molecule has 10 heteroatoms. The summed E-state index contributed by atoms with van der Waals surface area (Å²) in [6, 6.07) is 4.27. The van der Waals surface area contributed by atoms with E-state index < -0.39 is 26.8 Å². The fourth-order valence-corrected chi connectivity index (χ4v) is 4.98. The molecule has 0 amide bonds. The van der Waals surface area contributed by atoms with Crippen LogP contribution in [0, 0.1) is 0 Å². The number of nitrogens with one attached hydrogen (secondary N) is 1. The largest absolute Gasteiger partial charge is 0.331 e. The lowest BCUT2D eigenvalue weighted by Gasteiger charge is -2.14. The molecule has 1 aliphatic carbocycles. The second-order valence-electron chi connectivity index (χ2n) is 7.06. The lowest BCUT2D eigenvalue weighted by Crippen LogP contribution is -2.38. The van der Waals surface area contributed by atoms with E-state index in [-0.39, 0.29) is 16.8 Å². The van der Waals surface area contributed by atoms with Crippen molar-refractivity contribution in [3.8, 4) is 0 Å². The number of rotatable bonds is 5. The molecule has 142 valence electrons. The fourth-order valence-electron chi connectivity index (χ4n) is 2.94. The van der Waals surface area contributed by atoms with Crippen molar-refractivity contribution in [3.05, 3.63) is 55.6 Å². The lowest BCUT2D eigenvalue weighted by atomic mass is 10.2. The van der Waals surface area contributed by atoms with Crippen molar-refractivity contribution in [3.63, 3.8) is 0 Å². The number of sulfonamides is 1. The van der Waals surface area contributed by atoms with Crippen LogP contribution in [0.3, 0.4) is 0 Å².